The van der Waals surface area contributed by atoms with Gasteiger partial charge in [-0.2, -0.15) is 0 Å². The van der Waals surface area contributed by atoms with Crippen molar-refractivity contribution in [2.24, 2.45) is 18.9 Å². The molecule has 20 heavy (non-hydrogen) atoms. The number of nitrogens with one attached hydrogen (secondary N) is 1. The summed E-state index contributed by atoms with van der Waals surface area (Å²) in [5.74, 6) is 2.67. The van der Waals surface area contributed by atoms with Crippen molar-refractivity contribution in [3.63, 3.8) is 0 Å². The molecular weight excluding hydrogens is 250 g/mol. The van der Waals surface area contributed by atoms with Crippen LogP contribution < -0.4 is 5.32 Å². The first kappa shape index (κ1) is 11.9. The fraction of sp³-hybridized carbons (Fsp3) is 0.533. The molecule has 104 valence electrons. The van der Waals surface area contributed by atoms with Crippen LogP contribution in [0, 0.1) is 11.8 Å². The largest absolute Gasteiger partial charge is 0.381 e. The minimum atomic E-state index is 0.630. The van der Waals surface area contributed by atoms with Gasteiger partial charge >= 0.3 is 0 Å². The van der Waals surface area contributed by atoms with E-state index in [0.29, 0.717) is 6.04 Å². The van der Waals surface area contributed by atoms with Gasteiger partial charge in [0, 0.05) is 31.0 Å². The SMILES string of the molecule is Cn1cnnc1-c1cncc(N[C@H]2C[C@H]3CC[C@H]2C3)c1. The summed E-state index contributed by atoms with van der Waals surface area (Å²) in [7, 11) is 1.95. The Hall–Kier alpha value is -1.91. The first-order chi connectivity index (χ1) is 9.79. The second kappa shape index (κ2) is 4.58. The number of anilines is 1. The Morgan fingerprint density at radius 1 is 1.25 bits per heavy atom. The topological polar surface area (TPSA) is 55.6 Å². The van der Waals surface area contributed by atoms with Crippen molar-refractivity contribution in [2.75, 3.05) is 5.32 Å². The Morgan fingerprint density at radius 3 is 2.90 bits per heavy atom. The number of fused-ring (bicyclic) bond motifs is 2. The highest BCUT2D eigenvalue weighted by Gasteiger charge is 2.39. The molecule has 0 aliphatic heterocycles. The van der Waals surface area contributed by atoms with Gasteiger partial charge in [-0.25, -0.2) is 0 Å². The molecule has 2 fully saturated rings. The number of aromatic nitrogens is 4. The Bertz CT molecular complexity index is 620. The van der Waals surface area contributed by atoms with E-state index in [0.717, 1.165) is 28.9 Å². The summed E-state index contributed by atoms with van der Waals surface area (Å²) in [5.41, 5.74) is 2.11. The molecule has 3 atom stereocenters. The number of hydrogen-bond acceptors (Lipinski definition) is 4. The lowest BCUT2D eigenvalue weighted by molar-refractivity contribution is 0.439. The van der Waals surface area contributed by atoms with E-state index in [1.807, 2.05) is 24.0 Å². The molecular formula is C15H19N5. The summed E-state index contributed by atoms with van der Waals surface area (Å²) in [5, 5.41) is 11.7. The number of rotatable bonds is 3. The molecule has 2 saturated carbocycles. The molecule has 2 aromatic rings. The predicted octanol–water partition coefficient (Wildman–Crippen LogP) is 2.48. The van der Waals surface area contributed by atoms with Gasteiger partial charge in [0.15, 0.2) is 5.82 Å². The van der Waals surface area contributed by atoms with Gasteiger partial charge in [-0.1, -0.05) is 6.42 Å². The van der Waals surface area contributed by atoms with Crippen LogP contribution in [0.5, 0.6) is 0 Å². The number of aryl methyl sites for hydroxylation is 1. The standard InChI is InChI=1S/C15H19N5/c1-20-9-17-19-15(20)12-6-13(8-16-7-12)18-14-5-10-2-3-11(14)4-10/h6-11,14,18H,2-5H2,1H3/t10-,11-,14-/m0/s1. The normalized spacial score (nSPS) is 27.9. The molecule has 2 heterocycles. The third-order valence-corrected chi connectivity index (χ3v) is 4.80. The molecule has 0 saturated heterocycles. The lowest BCUT2D eigenvalue weighted by Gasteiger charge is -2.24. The lowest BCUT2D eigenvalue weighted by atomic mass is 9.95. The summed E-state index contributed by atoms with van der Waals surface area (Å²) in [6.45, 7) is 0. The van der Waals surface area contributed by atoms with Crippen LogP contribution >= 0.6 is 0 Å². The molecule has 2 aliphatic rings. The summed E-state index contributed by atoms with van der Waals surface area (Å²) in [6.07, 6.45) is 11.0. The van der Waals surface area contributed by atoms with Gasteiger partial charge in [0.1, 0.15) is 6.33 Å². The van der Waals surface area contributed by atoms with Crippen LogP contribution in [0.25, 0.3) is 11.4 Å². The fourth-order valence-electron chi connectivity index (χ4n) is 3.82. The molecule has 4 rings (SSSR count). The van der Waals surface area contributed by atoms with E-state index in [1.165, 1.54) is 25.7 Å². The first-order valence-electron chi connectivity index (χ1n) is 7.35. The number of pyridine rings is 1. The van der Waals surface area contributed by atoms with Crippen molar-refractivity contribution in [3.8, 4) is 11.4 Å². The van der Waals surface area contributed by atoms with Crippen LogP contribution in [0.1, 0.15) is 25.7 Å². The van der Waals surface area contributed by atoms with Crippen molar-refractivity contribution in [3.05, 3.63) is 24.8 Å². The molecule has 2 aromatic heterocycles. The predicted molar refractivity (Wildman–Crippen MR) is 77.1 cm³/mol. The second-order valence-corrected chi connectivity index (χ2v) is 6.15. The summed E-state index contributed by atoms with van der Waals surface area (Å²) in [4.78, 5) is 4.34. The highest BCUT2D eigenvalue weighted by molar-refractivity contribution is 5.60. The molecule has 0 amide bonds. The maximum Gasteiger partial charge on any atom is 0.165 e. The van der Waals surface area contributed by atoms with Crippen molar-refractivity contribution in [1.29, 1.82) is 0 Å². The minimum absolute atomic E-state index is 0.630. The quantitative estimate of drug-likeness (QED) is 0.930. The monoisotopic (exact) mass is 269 g/mol. The van der Waals surface area contributed by atoms with Gasteiger partial charge in [0.25, 0.3) is 0 Å². The summed E-state index contributed by atoms with van der Waals surface area (Å²) in [6, 6.07) is 2.76. The zero-order valence-corrected chi connectivity index (χ0v) is 11.7. The zero-order valence-electron chi connectivity index (χ0n) is 11.7. The van der Waals surface area contributed by atoms with Gasteiger partial charge < -0.3 is 9.88 Å². The Balaban J connectivity index is 1.56. The maximum atomic E-state index is 4.34. The molecule has 0 unspecified atom stereocenters. The molecule has 0 spiro atoms. The molecule has 5 nitrogen and oxygen atoms in total. The molecule has 2 bridgehead atoms. The van der Waals surface area contributed by atoms with E-state index in [-0.39, 0.29) is 0 Å². The van der Waals surface area contributed by atoms with E-state index in [9.17, 15) is 0 Å². The Kier molecular flexibility index (Phi) is 2.72. The van der Waals surface area contributed by atoms with Crippen LogP contribution in [-0.2, 0) is 7.05 Å². The maximum absolute atomic E-state index is 4.34. The average Bonchev–Trinajstić information content (AvgIpc) is 3.15. The van der Waals surface area contributed by atoms with Crippen LogP contribution in [0.4, 0.5) is 5.69 Å². The van der Waals surface area contributed by atoms with E-state index < -0.39 is 0 Å². The lowest BCUT2D eigenvalue weighted by Crippen LogP contribution is -2.25. The zero-order chi connectivity index (χ0) is 13.5. The van der Waals surface area contributed by atoms with E-state index in [1.54, 1.807) is 6.33 Å². The Labute approximate surface area is 118 Å². The van der Waals surface area contributed by atoms with Crippen LogP contribution in [0.15, 0.2) is 24.8 Å². The molecule has 5 heteroatoms. The molecule has 0 aromatic carbocycles. The van der Waals surface area contributed by atoms with Crippen LogP contribution in [-0.4, -0.2) is 25.8 Å². The highest BCUT2D eigenvalue weighted by atomic mass is 15.2. The molecule has 1 N–H and O–H groups in total. The van der Waals surface area contributed by atoms with Gasteiger partial charge in [-0.05, 0) is 37.2 Å². The molecule has 0 radical (unpaired) electrons. The van der Waals surface area contributed by atoms with Gasteiger partial charge in [-0.15, -0.1) is 10.2 Å². The van der Waals surface area contributed by atoms with Crippen molar-refractivity contribution >= 4 is 5.69 Å². The smallest absolute Gasteiger partial charge is 0.165 e. The van der Waals surface area contributed by atoms with Crippen molar-refractivity contribution in [1.82, 2.24) is 19.7 Å². The molecule has 2 aliphatic carbocycles. The minimum Gasteiger partial charge on any atom is -0.381 e. The number of nitrogens with zero attached hydrogens (tertiary/aromatic N) is 4. The number of hydrogen-bond donors (Lipinski definition) is 1. The first-order valence-corrected chi connectivity index (χ1v) is 7.35. The van der Waals surface area contributed by atoms with Gasteiger partial charge in [0.2, 0.25) is 0 Å². The average molecular weight is 269 g/mol. The van der Waals surface area contributed by atoms with Crippen LogP contribution in [0.3, 0.4) is 0 Å². The van der Waals surface area contributed by atoms with Gasteiger partial charge in [0.05, 0.1) is 5.69 Å². The summed E-state index contributed by atoms with van der Waals surface area (Å²) < 4.78 is 1.92. The van der Waals surface area contributed by atoms with E-state index >= 15 is 0 Å². The summed E-state index contributed by atoms with van der Waals surface area (Å²) >= 11 is 0. The van der Waals surface area contributed by atoms with Crippen molar-refractivity contribution < 1.29 is 0 Å². The third-order valence-electron chi connectivity index (χ3n) is 4.80. The van der Waals surface area contributed by atoms with E-state index in [2.05, 4.69) is 26.6 Å². The van der Waals surface area contributed by atoms with Crippen LogP contribution in [0.2, 0.25) is 0 Å². The second-order valence-electron chi connectivity index (χ2n) is 6.15. The van der Waals surface area contributed by atoms with E-state index in [4.69, 9.17) is 0 Å². The third kappa shape index (κ3) is 1.97. The fourth-order valence-corrected chi connectivity index (χ4v) is 3.82. The van der Waals surface area contributed by atoms with Crippen molar-refractivity contribution in [2.45, 2.75) is 31.7 Å². The Morgan fingerprint density at radius 2 is 2.20 bits per heavy atom. The highest BCUT2D eigenvalue weighted by Crippen LogP contribution is 2.45. The van der Waals surface area contributed by atoms with Gasteiger partial charge in [-0.3, -0.25) is 4.98 Å².